The first-order chi connectivity index (χ1) is 3.68. The second-order valence-corrected chi connectivity index (χ2v) is 1.82. The molecule has 0 spiro atoms. The first kappa shape index (κ1) is 16.0. The summed E-state index contributed by atoms with van der Waals surface area (Å²) in [6.45, 7) is 0. The molecule has 0 aromatic heterocycles. The highest BCUT2D eigenvalue weighted by Gasteiger charge is 1.57. The summed E-state index contributed by atoms with van der Waals surface area (Å²) in [5, 5.41) is 2.75. The Bertz CT molecular complexity index is 60.5. The number of hydrogen-bond acceptors (Lipinski definition) is 3. The van der Waals surface area contributed by atoms with Gasteiger partial charge >= 0.3 is 0 Å². The number of hydrogen-bond donors (Lipinski definition) is 2. The lowest BCUT2D eigenvalue weighted by atomic mass is 11.3. The van der Waals surface area contributed by atoms with Crippen molar-refractivity contribution in [2.45, 2.75) is 7.43 Å². The normalized spacial score (nSPS) is 10.2. The van der Waals surface area contributed by atoms with E-state index in [-0.39, 0.29) is 7.43 Å². The Morgan fingerprint density at radius 3 is 1.44 bits per heavy atom. The third-order valence-electron chi connectivity index (χ3n) is 0.167. The molecule has 5 heteroatoms. The van der Waals surface area contributed by atoms with Crippen LogP contribution in [0.2, 0.25) is 0 Å². The molecule has 0 heterocycles. The molecule has 2 N–H and O–H groups in total. The van der Waals surface area contributed by atoms with E-state index < -0.39 is 11.3 Å². The fraction of sp³-hybridized carbons (Fsp3) is 1.00. The van der Waals surface area contributed by atoms with Crippen molar-refractivity contribution in [1.29, 1.82) is 0 Å². The summed E-state index contributed by atoms with van der Waals surface area (Å²) in [6.07, 6.45) is 0. The van der Waals surface area contributed by atoms with Crippen LogP contribution in [-0.2, 0) is 11.3 Å². The minimum atomic E-state index is -2.07. The van der Waals surface area contributed by atoms with Crippen molar-refractivity contribution in [2.24, 2.45) is 0 Å². The SMILES string of the molecule is C.CNC.CNS(=O)[O-]. The molecule has 0 aromatic carbocycles. The monoisotopic (exact) mass is 155 g/mol. The van der Waals surface area contributed by atoms with Gasteiger partial charge in [-0.15, -0.1) is 0 Å². The molecule has 0 aliphatic rings. The minimum absolute atomic E-state index is 0. The van der Waals surface area contributed by atoms with Crippen LogP contribution < -0.4 is 10.0 Å². The van der Waals surface area contributed by atoms with Gasteiger partial charge in [-0.2, -0.15) is 0 Å². The number of nitrogens with one attached hydrogen (secondary N) is 2. The van der Waals surface area contributed by atoms with Gasteiger partial charge in [-0.25, -0.2) is 0 Å². The van der Waals surface area contributed by atoms with E-state index in [1.54, 1.807) is 0 Å². The van der Waals surface area contributed by atoms with E-state index in [2.05, 4.69) is 5.32 Å². The molecule has 9 heavy (non-hydrogen) atoms. The van der Waals surface area contributed by atoms with E-state index in [1.807, 2.05) is 18.8 Å². The van der Waals surface area contributed by atoms with Gasteiger partial charge < -0.3 is 9.87 Å². The molecule has 0 radical (unpaired) electrons. The quantitative estimate of drug-likeness (QED) is 0.500. The molecule has 1 atom stereocenters. The molecule has 0 bridgehead atoms. The molecule has 0 aromatic rings. The van der Waals surface area contributed by atoms with E-state index in [1.165, 1.54) is 7.05 Å². The first-order valence-electron chi connectivity index (χ1n) is 2.04. The third kappa shape index (κ3) is 70.9. The lowest BCUT2D eigenvalue weighted by Crippen LogP contribution is -2.07. The van der Waals surface area contributed by atoms with Crippen molar-refractivity contribution < 1.29 is 8.76 Å². The fourth-order valence-corrected chi connectivity index (χ4v) is 0. The second kappa shape index (κ2) is 15.7. The van der Waals surface area contributed by atoms with Gasteiger partial charge in [0, 0.05) is 11.3 Å². The summed E-state index contributed by atoms with van der Waals surface area (Å²) in [6, 6.07) is 0. The van der Waals surface area contributed by atoms with Crippen LogP contribution in [0.25, 0.3) is 0 Å². The third-order valence-corrected chi connectivity index (χ3v) is 0.500. The lowest BCUT2D eigenvalue weighted by molar-refractivity contribution is 0.529. The Kier molecular flexibility index (Phi) is 27.9. The minimum Gasteiger partial charge on any atom is -0.760 e. The molecule has 0 saturated carbocycles. The molecule has 0 fully saturated rings. The average Bonchev–Trinajstić information content (AvgIpc) is 1.69. The van der Waals surface area contributed by atoms with Crippen molar-refractivity contribution in [2.75, 3.05) is 21.1 Å². The van der Waals surface area contributed by atoms with Gasteiger partial charge in [-0.3, -0.25) is 8.93 Å². The summed E-state index contributed by atoms with van der Waals surface area (Å²) in [5.41, 5.74) is 0. The van der Waals surface area contributed by atoms with Crippen LogP contribution in [0.1, 0.15) is 7.43 Å². The Morgan fingerprint density at radius 2 is 1.44 bits per heavy atom. The maximum atomic E-state index is 9.26. The first-order valence-corrected chi connectivity index (χ1v) is 3.11. The average molecular weight is 155 g/mol. The van der Waals surface area contributed by atoms with Crippen LogP contribution in [0.5, 0.6) is 0 Å². The summed E-state index contributed by atoms with van der Waals surface area (Å²) in [5.74, 6) is 0. The van der Waals surface area contributed by atoms with Gasteiger partial charge in [0.05, 0.1) is 0 Å². The summed E-state index contributed by atoms with van der Waals surface area (Å²) < 4.78 is 20.5. The van der Waals surface area contributed by atoms with Gasteiger partial charge in [-0.1, -0.05) is 7.43 Å². The van der Waals surface area contributed by atoms with Crippen LogP contribution in [0.4, 0.5) is 0 Å². The molecule has 60 valence electrons. The maximum Gasteiger partial charge on any atom is 0.0178 e. The highest BCUT2D eigenvalue weighted by atomic mass is 32.2. The predicted octanol–water partition coefficient (Wildman–Crippen LogP) is -0.528. The molecule has 0 saturated heterocycles. The van der Waals surface area contributed by atoms with E-state index >= 15 is 0 Å². The molecule has 4 nitrogen and oxygen atoms in total. The second-order valence-electron chi connectivity index (χ2n) is 0.939. The molecular weight excluding hydrogens is 140 g/mol. The Balaban J connectivity index is -0.0000000800. The van der Waals surface area contributed by atoms with Crippen LogP contribution in [-0.4, -0.2) is 29.9 Å². The topological polar surface area (TPSA) is 64.2 Å². The number of rotatable bonds is 1. The molecule has 1 unspecified atom stereocenters. The standard InChI is InChI=1S/C2H7N.CH5NO2S.CH4/c1-3-2;1-2-5(3)4;/h3H,1-2H3;2H,1H3,(H,3,4);1H4/p-1. The Morgan fingerprint density at radius 1 is 1.33 bits per heavy atom. The van der Waals surface area contributed by atoms with Crippen LogP contribution >= 0.6 is 0 Å². The van der Waals surface area contributed by atoms with Crippen molar-refractivity contribution in [3.05, 3.63) is 0 Å². The smallest absolute Gasteiger partial charge is 0.0178 e. The highest BCUT2D eigenvalue weighted by molar-refractivity contribution is 7.77. The molecule has 0 rings (SSSR count). The lowest BCUT2D eigenvalue weighted by Gasteiger charge is -1.95. The van der Waals surface area contributed by atoms with Gasteiger partial charge in [0.25, 0.3) is 0 Å². The van der Waals surface area contributed by atoms with Crippen molar-refractivity contribution in [3.63, 3.8) is 0 Å². The van der Waals surface area contributed by atoms with Gasteiger partial charge in [0.2, 0.25) is 0 Å². The van der Waals surface area contributed by atoms with Crippen LogP contribution in [0.3, 0.4) is 0 Å². The molecular formula is C4H15N2O2S-. The van der Waals surface area contributed by atoms with Gasteiger partial charge in [0.15, 0.2) is 0 Å². The zero-order valence-corrected chi connectivity index (χ0v) is 6.04. The van der Waals surface area contributed by atoms with E-state index in [9.17, 15) is 8.76 Å². The van der Waals surface area contributed by atoms with Crippen LogP contribution in [0.15, 0.2) is 0 Å². The van der Waals surface area contributed by atoms with E-state index in [0.717, 1.165) is 0 Å². The van der Waals surface area contributed by atoms with Gasteiger partial charge in [-0.05, 0) is 21.1 Å². The highest BCUT2D eigenvalue weighted by Crippen LogP contribution is 1.47. The van der Waals surface area contributed by atoms with Crippen molar-refractivity contribution in [3.8, 4) is 0 Å². The van der Waals surface area contributed by atoms with E-state index in [0.29, 0.717) is 0 Å². The largest absolute Gasteiger partial charge is 0.760 e. The zero-order valence-electron chi connectivity index (χ0n) is 5.22. The summed E-state index contributed by atoms with van der Waals surface area (Å²) >= 11 is -2.07. The molecule has 0 aliphatic carbocycles. The van der Waals surface area contributed by atoms with E-state index in [4.69, 9.17) is 0 Å². The maximum absolute atomic E-state index is 9.26. The predicted molar refractivity (Wildman–Crippen MR) is 39.7 cm³/mol. The van der Waals surface area contributed by atoms with Crippen molar-refractivity contribution >= 4 is 11.3 Å². The summed E-state index contributed by atoms with van der Waals surface area (Å²) in [7, 11) is 5.09. The fourth-order valence-electron chi connectivity index (χ4n) is 0. The van der Waals surface area contributed by atoms with Gasteiger partial charge in [0.1, 0.15) is 0 Å². The molecule has 0 amide bonds. The van der Waals surface area contributed by atoms with Crippen LogP contribution in [0, 0.1) is 0 Å². The Hall–Kier alpha value is 0.0300. The summed E-state index contributed by atoms with van der Waals surface area (Å²) in [4.78, 5) is 0. The molecule has 0 aliphatic heterocycles. The van der Waals surface area contributed by atoms with Crippen molar-refractivity contribution in [1.82, 2.24) is 10.0 Å². The zero-order chi connectivity index (χ0) is 6.99. The Labute approximate surface area is 59.5 Å².